The van der Waals surface area contributed by atoms with Crippen LogP contribution in [-0.4, -0.2) is 12.1 Å². The molecule has 98 valence electrons. The van der Waals surface area contributed by atoms with Crippen molar-refractivity contribution < 1.29 is 9.21 Å². The molecule has 4 nitrogen and oxygen atoms in total. The van der Waals surface area contributed by atoms with Gasteiger partial charge in [0.15, 0.2) is 3.77 Å². The Labute approximate surface area is 132 Å². The minimum Gasteiger partial charge on any atom is -0.448 e. The number of nitrogens with one attached hydrogen (secondary N) is 1. The third-order valence-corrected chi connectivity index (χ3v) is 4.32. The quantitative estimate of drug-likeness (QED) is 0.578. The van der Waals surface area contributed by atoms with Crippen molar-refractivity contribution in [2.24, 2.45) is 4.99 Å². The molecule has 1 heterocycles. The van der Waals surface area contributed by atoms with Crippen LogP contribution < -0.4 is 5.32 Å². The van der Waals surface area contributed by atoms with Gasteiger partial charge in [0.1, 0.15) is 5.76 Å². The summed E-state index contributed by atoms with van der Waals surface area (Å²) < 4.78 is 7.15. The van der Waals surface area contributed by atoms with Crippen molar-refractivity contribution in [2.75, 3.05) is 5.32 Å². The highest BCUT2D eigenvalue weighted by Crippen LogP contribution is 2.23. The van der Waals surface area contributed by atoms with Crippen molar-refractivity contribution >= 4 is 62.0 Å². The number of halogens is 2. The summed E-state index contributed by atoms with van der Waals surface area (Å²) in [6, 6.07) is 9.11. The number of amides is 1. The lowest BCUT2D eigenvalue weighted by Crippen LogP contribution is -2.04. The lowest BCUT2D eigenvalue weighted by molar-refractivity contribution is -0.114. The number of rotatable bonds is 3. The van der Waals surface area contributed by atoms with Crippen molar-refractivity contribution in [1.82, 2.24) is 0 Å². The second kappa shape index (κ2) is 6.33. The molecule has 19 heavy (non-hydrogen) atoms. The van der Waals surface area contributed by atoms with Crippen LogP contribution in [0.2, 0.25) is 0 Å². The van der Waals surface area contributed by atoms with Gasteiger partial charge in [-0.1, -0.05) is 0 Å². The van der Waals surface area contributed by atoms with Gasteiger partial charge in [-0.3, -0.25) is 9.79 Å². The molecule has 0 aliphatic rings. The normalized spacial score (nSPS) is 10.9. The van der Waals surface area contributed by atoms with E-state index in [1.807, 2.05) is 18.2 Å². The van der Waals surface area contributed by atoms with Crippen LogP contribution in [0.15, 0.2) is 44.2 Å². The number of carbonyl (C=O) groups is 1. The summed E-state index contributed by atoms with van der Waals surface area (Å²) in [5, 5.41) is 2.70. The van der Waals surface area contributed by atoms with Crippen molar-refractivity contribution in [3.63, 3.8) is 0 Å². The highest BCUT2D eigenvalue weighted by molar-refractivity contribution is 14.1. The molecular formula is C13H10BrIN2O2. The van der Waals surface area contributed by atoms with Gasteiger partial charge >= 0.3 is 0 Å². The second-order valence-electron chi connectivity index (χ2n) is 3.76. The Bertz CT molecular complexity index is 601. The zero-order chi connectivity index (χ0) is 13.8. The standard InChI is InChI=1S/C13H10BrIN2O2/c1-8(18)17-10-4-2-9(3-5-10)16-7-11-6-12(14)13(15)19-11/h2-7H,1H3,(H,17,18). The smallest absolute Gasteiger partial charge is 0.221 e. The second-order valence-corrected chi connectivity index (χ2v) is 5.59. The number of nitrogens with zero attached hydrogens (tertiary/aromatic N) is 1. The Morgan fingerprint density at radius 1 is 1.42 bits per heavy atom. The number of anilines is 1. The molecule has 6 heteroatoms. The van der Waals surface area contributed by atoms with Crippen molar-refractivity contribution in [1.29, 1.82) is 0 Å². The van der Waals surface area contributed by atoms with Gasteiger partial charge < -0.3 is 9.73 Å². The van der Waals surface area contributed by atoms with Gasteiger partial charge in [-0.25, -0.2) is 0 Å². The molecule has 0 bridgehead atoms. The van der Waals surface area contributed by atoms with Gasteiger partial charge in [0, 0.05) is 41.3 Å². The van der Waals surface area contributed by atoms with Crippen LogP contribution in [0.25, 0.3) is 0 Å². The Balaban J connectivity index is 2.08. The predicted octanol–water partition coefficient (Wildman–Crippen LogP) is 4.36. The van der Waals surface area contributed by atoms with Gasteiger partial charge in [-0.15, -0.1) is 0 Å². The number of aliphatic imine (C=N–C) groups is 1. The number of furan rings is 1. The average molecular weight is 433 g/mol. The molecule has 0 aliphatic heterocycles. The Kier molecular flexibility index (Phi) is 4.76. The highest BCUT2D eigenvalue weighted by atomic mass is 127. The van der Waals surface area contributed by atoms with E-state index >= 15 is 0 Å². The Morgan fingerprint density at radius 3 is 2.63 bits per heavy atom. The average Bonchev–Trinajstić information content (AvgIpc) is 2.67. The van der Waals surface area contributed by atoms with Crippen LogP contribution in [0.3, 0.4) is 0 Å². The molecule has 0 spiro atoms. The first kappa shape index (κ1) is 14.3. The van der Waals surface area contributed by atoms with E-state index in [-0.39, 0.29) is 5.91 Å². The van der Waals surface area contributed by atoms with Crippen LogP contribution in [0.1, 0.15) is 12.7 Å². The molecule has 0 radical (unpaired) electrons. The maximum absolute atomic E-state index is 10.9. The van der Waals surface area contributed by atoms with E-state index < -0.39 is 0 Å². The summed E-state index contributed by atoms with van der Waals surface area (Å²) in [7, 11) is 0. The number of hydrogen-bond donors (Lipinski definition) is 1. The third kappa shape index (κ3) is 4.17. The summed E-state index contributed by atoms with van der Waals surface area (Å²) in [4.78, 5) is 15.2. The number of benzene rings is 1. The maximum Gasteiger partial charge on any atom is 0.221 e. The van der Waals surface area contributed by atoms with Gasteiger partial charge in [0.05, 0.1) is 16.4 Å². The fourth-order valence-electron chi connectivity index (χ4n) is 1.40. The number of hydrogen-bond acceptors (Lipinski definition) is 3. The van der Waals surface area contributed by atoms with Gasteiger partial charge in [0.2, 0.25) is 5.91 Å². The molecule has 2 aromatic rings. The first-order chi connectivity index (χ1) is 9.04. The van der Waals surface area contributed by atoms with E-state index in [4.69, 9.17) is 4.42 Å². The van der Waals surface area contributed by atoms with Crippen molar-refractivity contribution in [2.45, 2.75) is 6.92 Å². The molecule has 0 atom stereocenters. The largest absolute Gasteiger partial charge is 0.448 e. The summed E-state index contributed by atoms with van der Waals surface area (Å²) >= 11 is 5.47. The molecule has 2 rings (SSSR count). The first-order valence-corrected chi connectivity index (χ1v) is 7.28. The van der Waals surface area contributed by atoms with Crippen LogP contribution in [0, 0.1) is 3.77 Å². The van der Waals surface area contributed by atoms with E-state index in [2.05, 4.69) is 48.8 Å². The lowest BCUT2D eigenvalue weighted by atomic mass is 10.3. The molecule has 1 aromatic heterocycles. The SMILES string of the molecule is CC(=O)Nc1ccc(N=Cc2cc(Br)c(I)o2)cc1. The summed E-state index contributed by atoms with van der Waals surface area (Å²) in [5.41, 5.74) is 1.54. The van der Waals surface area contributed by atoms with Crippen molar-refractivity contribution in [3.05, 3.63) is 44.3 Å². The monoisotopic (exact) mass is 432 g/mol. The Hall–Kier alpha value is -1.15. The maximum atomic E-state index is 10.9. The third-order valence-electron chi connectivity index (χ3n) is 2.19. The summed E-state index contributed by atoms with van der Waals surface area (Å²) in [6.45, 7) is 1.47. The fourth-order valence-corrected chi connectivity index (χ4v) is 2.12. The molecule has 0 aliphatic carbocycles. The van der Waals surface area contributed by atoms with E-state index in [1.165, 1.54) is 6.92 Å². The molecule has 0 saturated heterocycles. The van der Waals surface area contributed by atoms with Gasteiger partial charge in [-0.05, 0) is 40.2 Å². The lowest BCUT2D eigenvalue weighted by Gasteiger charge is -2.01. The van der Waals surface area contributed by atoms with Crippen LogP contribution in [0.4, 0.5) is 11.4 Å². The highest BCUT2D eigenvalue weighted by Gasteiger charge is 2.03. The minimum absolute atomic E-state index is 0.0914. The van der Waals surface area contributed by atoms with Crippen LogP contribution in [-0.2, 0) is 4.79 Å². The summed E-state index contributed by atoms with van der Waals surface area (Å²) in [6.07, 6.45) is 1.65. The topological polar surface area (TPSA) is 54.6 Å². The molecule has 1 amide bonds. The van der Waals surface area contributed by atoms with Crippen LogP contribution in [0.5, 0.6) is 0 Å². The van der Waals surface area contributed by atoms with Crippen LogP contribution >= 0.6 is 38.5 Å². The molecule has 1 N–H and O–H groups in total. The minimum atomic E-state index is -0.0914. The molecular weight excluding hydrogens is 423 g/mol. The zero-order valence-corrected chi connectivity index (χ0v) is 13.7. The Morgan fingerprint density at radius 2 is 2.11 bits per heavy atom. The molecule has 0 fully saturated rings. The zero-order valence-electron chi connectivity index (χ0n) is 9.98. The molecule has 1 aromatic carbocycles. The predicted molar refractivity (Wildman–Crippen MR) is 87.1 cm³/mol. The van der Waals surface area contributed by atoms with Crippen molar-refractivity contribution in [3.8, 4) is 0 Å². The van der Waals surface area contributed by atoms with E-state index in [1.54, 1.807) is 18.3 Å². The van der Waals surface area contributed by atoms with Gasteiger partial charge in [0.25, 0.3) is 0 Å². The van der Waals surface area contributed by atoms with E-state index in [9.17, 15) is 4.79 Å². The molecule has 0 unspecified atom stereocenters. The molecule has 0 saturated carbocycles. The van der Waals surface area contributed by atoms with E-state index in [0.29, 0.717) is 5.76 Å². The number of carbonyl (C=O) groups excluding carboxylic acids is 1. The summed E-state index contributed by atoms with van der Waals surface area (Å²) in [5.74, 6) is 0.591. The van der Waals surface area contributed by atoms with E-state index in [0.717, 1.165) is 19.6 Å². The first-order valence-electron chi connectivity index (χ1n) is 5.41. The van der Waals surface area contributed by atoms with Gasteiger partial charge in [-0.2, -0.15) is 0 Å². The fraction of sp³-hybridized carbons (Fsp3) is 0.0769.